The minimum Gasteiger partial charge on any atom is -0.497 e. The van der Waals surface area contributed by atoms with Crippen molar-refractivity contribution in [3.63, 3.8) is 0 Å². The summed E-state index contributed by atoms with van der Waals surface area (Å²) in [6.45, 7) is 6.99. The number of ether oxygens (including phenoxy) is 11. The van der Waals surface area contributed by atoms with E-state index in [9.17, 15) is 33.2 Å². The van der Waals surface area contributed by atoms with Gasteiger partial charge in [0, 0.05) is 37.9 Å². The number of halogens is 1. The molecule has 3 amide bonds. The lowest BCUT2D eigenvalue weighted by molar-refractivity contribution is -0.138. The highest BCUT2D eigenvalue weighted by atomic mass is 19.1. The Kier molecular flexibility index (Phi) is 29.7. The van der Waals surface area contributed by atoms with Gasteiger partial charge in [-0.1, -0.05) is 18.2 Å². The third-order valence-electron chi connectivity index (χ3n) is 20.0. The van der Waals surface area contributed by atoms with Crippen molar-refractivity contribution in [3.05, 3.63) is 236 Å². The van der Waals surface area contributed by atoms with Gasteiger partial charge in [-0.15, -0.1) is 0 Å². The van der Waals surface area contributed by atoms with Crippen molar-refractivity contribution in [3.8, 4) is 63.2 Å². The Labute approximate surface area is 682 Å². The highest BCUT2D eigenvalue weighted by molar-refractivity contribution is 6.11. The summed E-state index contributed by atoms with van der Waals surface area (Å²) in [4.78, 5) is 71.5. The summed E-state index contributed by atoms with van der Waals surface area (Å²) in [5.74, 6) is 1.88. The highest BCUT2D eigenvalue weighted by Crippen LogP contribution is 2.50. The van der Waals surface area contributed by atoms with Crippen LogP contribution in [0.1, 0.15) is 127 Å². The number of carbonyl (C=O) groups is 6. The summed E-state index contributed by atoms with van der Waals surface area (Å²) >= 11 is 0. The minimum absolute atomic E-state index is 0.0188. The number of allylic oxidation sites excluding steroid dienone is 6. The maximum Gasteiger partial charge on any atom is 0.306 e. The van der Waals surface area contributed by atoms with Crippen LogP contribution in [0.2, 0.25) is 0 Å². The van der Waals surface area contributed by atoms with E-state index in [2.05, 4.69) is 16.0 Å². The van der Waals surface area contributed by atoms with Crippen molar-refractivity contribution >= 4 is 87.3 Å². The van der Waals surface area contributed by atoms with Crippen LogP contribution in [0.25, 0.3) is 51.7 Å². The Morgan fingerprint density at radius 1 is 0.398 bits per heavy atom. The predicted octanol–water partition coefficient (Wildman–Crippen LogP) is 15.2. The van der Waals surface area contributed by atoms with Crippen LogP contribution in [-0.2, 0) is 62.5 Å². The van der Waals surface area contributed by atoms with E-state index in [1.165, 1.54) is 54.8 Å². The van der Waals surface area contributed by atoms with Crippen LogP contribution in [0, 0.1) is 5.82 Å². The molecule has 0 aliphatic heterocycles. The van der Waals surface area contributed by atoms with Crippen LogP contribution in [0.5, 0.6) is 63.2 Å². The number of aryl methyl sites for hydroxylation is 2. The molecule has 3 aliphatic carbocycles. The Bertz CT molecular complexity index is 5350. The molecule has 3 aromatic heterocycles. The number of amides is 3. The van der Waals surface area contributed by atoms with Gasteiger partial charge in [0.05, 0.1) is 141 Å². The molecule has 0 unspecified atom stereocenters. The molecule has 0 fully saturated rings. The van der Waals surface area contributed by atoms with Crippen LogP contribution in [0.4, 0.5) is 4.39 Å². The van der Waals surface area contributed by atoms with Crippen LogP contribution in [0.3, 0.4) is 0 Å². The second-order valence-corrected chi connectivity index (χ2v) is 27.4. The van der Waals surface area contributed by atoms with E-state index in [1.807, 2.05) is 153 Å². The first-order valence-corrected chi connectivity index (χ1v) is 37.6. The number of hydrogen-bond acceptors (Lipinski definition) is 18. The zero-order valence-corrected chi connectivity index (χ0v) is 68.0. The standard InChI is InChI=1S/C31H34N2O7.C30H31FN2O6.C30H31NO8/c1-19-24(13-20-14-27(38-4)31(28(15-20)39-5)40-12-10-30(35)36)23-9-8-22(37-3)16-26(23)25(19)17-29(34)32-18-21-7-6-11-33(21)2;1-18-23(12-19-13-26(37-3)30(27(14-19)38-4)39-11-9-29(35)36)22-8-7-20(31)15-25(22)24(18)16-28(34)32-17-21-6-5-10-33(21)2;1-18-23(12-19-13-26(36-3)30(27(14-19)37-4)39-11-9-29(33)34)22-8-7-20(35-2)15-25(22)24(18)16-28(32)31-17-21-6-5-10-38-21/h6-9,11,13-16H,10,12,17-18H2,1-5H3,(H,32,34)(H,35,36);5-8,10,12-15H,9,11,16-17H2,1-4H3,(H,32,34)(H,35,36);5-8,10,12-15H,9,11,16-17H2,1-4H3,(H,31,32)(H,33,34)/b24-13-;2*23-12-. The Balaban J connectivity index is 0.000000186. The topological polar surface area (TPSA) is 324 Å². The summed E-state index contributed by atoms with van der Waals surface area (Å²) < 4.78 is 84.7. The number of aliphatic carboxylic acids is 3. The second kappa shape index (κ2) is 40.4. The lowest BCUT2D eigenvalue weighted by Gasteiger charge is -2.15. The zero-order chi connectivity index (χ0) is 84.9. The van der Waals surface area contributed by atoms with Gasteiger partial charge in [-0.05, 0) is 248 Å². The fraction of sp³-hybridized carbons (Fsp3) is 0.275. The maximum atomic E-state index is 14.3. The van der Waals surface area contributed by atoms with Gasteiger partial charge in [0.2, 0.25) is 35.0 Å². The van der Waals surface area contributed by atoms with Gasteiger partial charge in [-0.2, -0.15) is 0 Å². The summed E-state index contributed by atoms with van der Waals surface area (Å²) in [5.41, 5.74) is 17.8. The Morgan fingerprint density at radius 2 is 0.720 bits per heavy atom. The zero-order valence-electron chi connectivity index (χ0n) is 68.0. The number of benzene rings is 6. The molecule has 3 heterocycles. The van der Waals surface area contributed by atoms with Crippen molar-refractivity contribution in [2.24, 2.45) is 14.1 Å². The molecule has 0 bridgehead atoms. The fourth-order valence-electron chi connectivity index (χ4n) is 13.8. The number of carboxylic acid groups (broad SMARTS) is 3. The molecule has 12 rings (SSSR count). The van der Waals surface area contributed by atoms with Gasteiger partial charge in [-0.25, -0.2) is 4.39 Å². The number of fused-ring (bicyclic) bond motifs is 3. The van der Waals surface area contributed by atoms with E-state index in [0.29, 0.717) is 94.2 Å². The van der Waals surface area contributed by atoms with Crippen molar-refractivity contribution < 1.29 is 105 Å². The van der Waals surface area contributed by atoms with Gasteiger partial charge >= 0.3 is 17.9 Å². The molecule has 0 atom stereocenters. The molecular formula is C91H96FN5O21. The van der Waals surface area contributed by atoms with Crippen LogP contribution in [-0.4, -0.2) is 137 Å². The minimum atomic E-state index is -0.975. The molecule has 618 valence electrons. The summed E-state index contributed by atoms with van der Waals surface area (Å²) in [6.07, 6.45) is 11.4. The number of furan rings is 1. The van der Waals surface area contributed by atoms with Gasteiger partial charge in [0.1, 0.15) is 23.1 Å². The van der Waals surface area contributed by atoms with Crippen molar-refractivity contribution in [1.82, 2.24) is 25.1 Å². The smallest absolute Gasteiger partial charge is 0.306 e. The van der Waals surface area contributed by atoms with Crippen LogP contribution in [0.15, 0.2) is 167 Å². The number of aromatic nitrogens is 2. The quantitative estimate of drug-likeness (QED) is 0.0215. The van der Waals surface area contributed by atoms with E-state index in [1.54, 1.807) is 56.9 Å². The maximum absolute atomic E-state index is 14.3. The number of methoxy groups -OCH3 is 8. The molecule has 26 nitrogen and oxygen atoms in total. The number of rotatable bonds is 35. The van der Waals surface area contributed by atoms with E-state index in [0.717, 1.165) is 106 Å². The fourth-order valence-corrected chi connectivity index (χ4v) is 13.8. The average molecular weight is 1610 g/mol. The SMILES string of the molecule is COc1cc(/C=C2/C(C)=C(CC(=O)NCc3cccn3C)c3cc(F)ccc32)cc(OC)c1OCCC(=O)O.COc1ccc2c(c1)C(CC(=O)NCc1cccn1C)=C(C)/C2=C/c1cc(OC)c(OCCC(=O)O)c(OC)c1.COc1ccc2c(c1)C(CC(=O)NCc1ccco1)=C(C)/C2=C/c1cc(OC)c(OCCC(=O)O)c(OC)c1. The first-order valence-electron chi connectivity index (χ1n) is 37.6. The molecule has 27 heteroatoms. The monoisotopic (exact) mass is 1610 g/mol. The molecule has 0 saturated heterocycles. The predicted molar refractivity (Wildman–Crippen MR) is 445 cm³/mol. The number of nitrogens with zero attached hydrogens (tertiary/aromatic N) is 2. The van der Waals surface area contributed by atoms with Crippen molar-refractivity contribution in [2.75, 3.05) is 76.7 Å². The molecule has 0 radical (unpaired) electrons. The molecule has 0 spiro atoms. The normalized spacial score (nSPS) is 13.3. The first kappa shape index (κ1) is 86.6. The van der Waals surface area contributed by atoms with Crippen molar-refractivity contribution in [1.29, 1.82) is 0 Å². The van der Waals surface area contributed by atoms with Crippen LogP contribution >= 0.6 is 0 Å². The molecule has 3 aliphatic rings. The lowest BCUT2D eigenvalue weighted by atomic mass is 10.00. The van der Waals surface area contributed by atoms with E-state index >= 15 is 0 Å². The van der Waals surface area contributed by atoms with E-state index in [-0.39, 0.29) is 81.9 Å². The molecule has 6 N–H and O–H groups in total. The lowest BCUT2D eigenvalue weighted by Crippen LogP contribution is -2.23. The third-order valence-corrected chi connectivity index (χ3v) is 20.0. The number of carboxylic acids is 3. The summed E-state index contributed by atoms with van der Waals surface area (Å²) in [6, 6.07) is 38.4. The Hall–Kier alpha value is -13.9. The summed E-state index contributed by atoms with van der Waals surface area (Å²) in [7, 11) is 16.1. The number of nitrogens with one attached hydrogen (secondary N) is 3. The van der Waals surface area contributed by atoms with Crippen LogP contribution < -0.4 is 68.1 Å². The molecule has 118 heavy (non-hydrogen) atoms. The van der Waals surface area contributed by atoms with E-state index < -0.39 is 17.9 Å². The second-order valence-electron chi connectivity index (χ2n) is 27.4. The molecule has 0 saturated carbocycles. The molecule has 9 aromatic rings. The highest BCUT2D eigenvalue weighted by Gasteiger charge is 2.31. The van der Waals surface area contributed by atoms with Gasteiger partial charge in [0.25, 0.3) is 0 Å². The van der Waals surface area contributed by atoms with Gasteiger partial charge in [-0.3, -0.25) is 28.8 Å². The average Bonchev–Trinajstić information content (AvgIpc) is 1.62. The van der Waals surface area contributed by atoms with Gasteiger partial charge in [0.15, 0.2) is 34.5 Å². The third kappa shape index (κ3) is 21.4. The summed E-state index contributed by atoms with van der Waals surface area (Å²) in [5, 5.41) is 35.7. The Morgan fingerprint density at radius 3 is 1.01 bits per heavy atom. The van der Waals surface area contributed by atoms with E-state index in [4.69, 9.17) is 71.8 Å². The largest absolute Gasteiger partial charge is 0.497 e. The first-order chi connectivity index (χ1) is 56.8. The van der Waals surface area contributed by atoms with Gasteiger partial charge < -0.3 is 96.9 Å². The molecule has 6 aromatic carbocycles. The number of carbonyl (C=O) groups excluding carboxylic acids is 3. The number of hydrogen-bond donors (Lipinski definition) is 6. The molecular weight excluding hydrogens is 1520 g/mol. The van der Waals surface area contributed by atoms with Crippen molar-refractivity contribution in [2.45, 2.75) is 78.9 Å².